The van der Waals surface area contributed by atoms with E-state index in [1.165, 1.54) is 0 Å². The highest BCUT2D eigenvalue weighted by Crippen LogP contribution is 2.05. The third kappa shape index (κ3) is 6.19. The van der Waals surface area contributed by atoms with Crippen LogP contribution in [-0.4, -0.2) is 24.2 Å². The van der Waals surface area contributed by atoms with E-state index in [0.717, 1.165) is 12.0 Å². The van der Waals surface area contributed by atoms with Gasteiger partial charge in [0.2, 0.25) is 0 Å². The van der Waals surface area contributed by atoms with E-state index >= 15 is 0 Å². The van der Waals surface area contributed by atoms with Crippen LogP contribution in [0, 0.1) is 0 Å². The van der Waals surface area contributed by atoms with Gasteiger partial charge in [0.25, 0.3) is 0 Å². The predicted molar refractivity (Wildman–Crippen MR) is 66.6 cm³/mol. The SMILES string of the molecule is CC.CNC(CC(=O)O)Cc1ccccc1. The molecule has 1 aromatic rings. The van der Waals surface area contributed by atoms with E-state index in [0.29, 0.717) is 0 Å². The molecule has 1 atom stereocenters. The Balaban J connectivity index is 0.00000106. The zero-order valence-electron chi connectivity index (χ0n) is 10.2. The van der Waals surface area contributed by atoms with Gasteiger partial charge in [0.15, 0.2) is 0 Å². The topological polar surface area (TPSA) is 49.3 Å². The number of benzene rings is 1. The summed E-state index contributed by atoms with van der Waals surface area (Å²) in [6.45, 7) is 4.00. The molecule has 0 fully saturated rings. The zero-order chi connectivity index (χ0) is 12.4. The van der Waals surface area contributed by atoms with E-state index in [-0.39, 0.29) is 12.5 Å². The van der Waals surface area contributed by atoms with Crippen molar-refractivity contribution in [3.8, 4) is 0 Å². The maximum atomic E-state index is 10.5. The molecule has 0 spiro atoms. The molecule has 2 N–H and O–H groups in total. The van der Waals surface area contributed by atoms with Crippen LogP contribution in [0.3, 0.4) is 0 Å². The standard InChI is InChI=1S/C11H15NO2.C2H6/c1-12-10(8-11(13)14)7-9-5-3-2-4-6-9;1-2/h2-6,10,12H,7-8H2,1H3,(H,13,14);1-2H3. The van der Waals surface area contributed by atoms with Crippen molar-refractivity contribution < 1.29 is 9.90 Å². The van der Waals surface area contributed by atoms with Gasteiger partial charge in [-0.05, 0) is 19.0 Å². The monoisotopic (exact) mass is 223 g/mol. The normalized spacial score (nSPS) is 11.2. The summed E-state index contributed by atoms with van der Waals surface area (Å²) in [4.78, 5) is 10.5. The molecule has 1 unspecified atom stereocenters. The Hall–Kier alpha value is -1.35. The number of likely N-dealkylation sites (N-methyl/N-ethyl adjacent to an activating group) is 1. The Bertz CT molecular complexity index is 285. The minimum Gasteiger partial charge on any atom is -0.481 e. The van der Waals surface area contributed by atoms with E-state index in [9.17, 15) is 4.79 Å². The quantitative estimate of drug-likeness (QED) is 0.805. The molecule has 0 heterocycles. The van der Waals surface area contributed by atoms with E-state index < -0.39 is 5.97 Å². The van der Waals surface area contributed by atoms with Crippen LogP contribution in [0.2, 0.25) is 0 Å². The fourth-order valence-electron chi connectivity index (χ4n) is 1.39. The molecule has 3 nitrogen and oxygen atoms in total. The average molecular weight is 223 g/mol. The lowest BCUT2D eigenvalue weighted by molar-refractivity contribution is -0.137. The van der Waals surface area contributed by atoms with Crippen molar-refractivity contribution in [2.45, 2.75) is 32.7 Å². The van der Waals surface area contributed by atoms with Crippen LogP contribution < -0.4 is 5.32 Å². The summed E-state index contributed by atoms with van der Waals surface area (Å²) in [6.07, 6.45) is 0.912. The Morgan fingerprint density at radius 2 is 1.88 bits per heavy atom. The minimum atomic E-state index is -0.764. The van der Waals surface area contributed by atoms with Crippen molar-refractivity contribution in [3.63, 3.8) is 0 Å². The summed E-state index contributed by atoms with van der Waals surface area (Å²) < 4.78 is 0. The molecule has 0 radical (unpaired) electrons. The number of carbonyl (C=O) groups is 1. The van der Waals surface area contributed by atoms with Crippen LogP contribution in [0.15, 0.2) is 30.3 Å². The van der Waals surface area contributed by atoms with Gasteiger partial charge in [-0.15, -0.1) is 0 Å². The molecule has 0 aliphatic carbocycles. The Morgan fingerprint density at radius 3 is 2.31 bits per heavy atom. The Kier molecular flexibility index (Phi) is 8.17. The van der Waals surface area contributed by atoms with E-state index in [1.54, 1.807) is 7.05 Å². The van der Waals surface area contributed by atoms with Gasteiger partial charge < -0.3 is 10.4 Å². The average Bonchev–Trinajstić information content (AvgIpc) is 2.31. The molecule has 0 saturated carbocycles. The van der Waals surface area contributed by atoms with Crippen LogP contribution in [-0.2, 0) is 11.2 Å². The number of carboxylic acid groups (broad SMARTS) is 1. The second-order valence-corrected chi connectivity index (χ2v) is 3.27. The van der Waals surface area contributed by atoms with Gasteiger partial charge >= 0.3 is 5.97 Å². The van der Waals surface area contributed by atoms with Crippen molar-refractivity contribution >= 4 is 5.97 Å². The summed E-state index contributed by atoms with van der Waals surface area (Å²) in [6, 6.07) is 9.90. The number of nitrogens with one attached hydrogen (secondary N) is 1. The molecule has 16 heavy (non-hydrogen) atoms. The van der Waals surface area contributed by atoms with Crippen LogP contribution in [0.4, 0.5) is 0 Å². The predicted octanol–water partition coefficient (Wildman–Crippen LogP) is 2.32. The molecule has 0 aromatic heterocycles. The number of hydrogen-bond acceptors (Lipinski definition) is 2. The number of rotatable bonds is 5. The summed E-state index contributed by atoms with van der Waals surface area (Å²) in [5.41, 5.74) is 1.16. The van der Waals surface area contributed by atoms with Crippen molar-refractivity contribution in [3.05, 3.63) is 35.9 Å². The first-order valence-corrected chi connectivity index (χ1v) is 5.65. The van der Waals surface area contributed by atoms with Crippen molar-refractivity contribution in [1.82, 2.24) is 5.32 Å². The van der Waals surface area contributed by atoms with Gasteiger partial charge in [-0.1, -0.05) is 44.2 Å². The second kappa shape index (κ2) is 8.92. The first-order valence-electron chi connectivity index (χ1n) is 5.65. The molecule has 0 aliphatic heterocycles. The third-order valence-electron chi connectivity index (χ3n) is 2.15. The van der Waals surface area contributed by atoms with Crippen molar-refractivity contribution in [1.29, 1.82) is 0 Å². The lowest BCUT2D eigenvalue weighted by atomic mass is 10.0. The first-order chi connectivity index (χ1) is 7.72. The van der Waals surface area contributed by atoms with Crippen molar-refractivity contribution in [2.75, 3.05) is 7.05 Å². The number of carboxylic acids is 1. The molecular formula is C13H21NO2. The van der Waals surface area contributed by atoms with E-state index in [4.69, 9.17) is 5.11 Å². The van der Waals surface area contributed by atoms with Gasteiger partial charge in [0.05, 0.1) is 6.42 Å². The summed E-state index contributed by atoms with van der Waals surface area (Å²) >= 11 is 0. The summed E-state index contributed by atoms with van der Waals surface area (Å²) in [5, 5.41) is 11.7. The van der Waals surface area contributed by atoms with Gasteiger partial charge in [-0.2, -0.15) is 0 Å². The molecule has 1 rings (SSSR count). The van der Waals surface area contributed by atoms with Crippen LogP contribution in [0.1, 0.15) is 25.8 Å². The second-order valence-electron chi connectivity index (χ2n) is 3.27. The molecule has 1 aromatic carbocycles. The maximum Gasteiger partial charge on any atom is 0.304 e. The number of hydrogen-bond donors (Lipinski definition) is 2. The minimum absolute atomic E-state index is 0.00917. The van der Waals surface area contributed by atoms with Crippen LogP contribution >= 0.6 is 0 Å². The maximum absolute atomic E-state index is 10.5. The lowest BCUT2D eigenvalue weighted by Crippen LogP contribution is -2.30. The van der Waals surface area contributed by atoms with Gasteiger partial charge in [-0.25, -0.2) is 0 Å². The molecule has 0 aliphatic rings. The summed E-state index contributed by atoms with van der Waals surface area (Å²) in [5.74, 6) is -0.764. The number of aliphatic carboxylic acids is 1. The Morgan fingerprint density at radius 1 is 1.31 bits per heavy atom. The van der Waals surface area contributed by atoms with E-state index in [1.807, 2.05) is 44.2 Å². The van der Waals surface area contributed by atoms with Gasteiger partial charge in [-0.3, -0.25) is 4.79 Å². The lowest BCUT2D eigenvalue weighted by Gasteiger charge is -2.13. The highest BCUT2D eigenvalue weighted by molar-refractivity contribution is 5.67. The molecule has 0 bridgehead atoms. The highest BCUT2D eigenvalue weighted by Gasteiger charge is 2.10. The molecule has 3 heteroatoms. The van der Waals surface area contributed by atoms with Crippen molar-refractivity contribution in [2.24, 2.45) is 0 Å². The smallest absolute Gasteiger partial charge is 0.304 e. The van der Waals surface area contributed by atoms with E-state index in [2.05, 4.69) is 5.32 Å². The van der Waals surface area contributed by atoms with Crippen LogP contribution in [0.5, 0.6) is 0 Å². The summed E-state index contributed by atoms with van der Waals surface area (Å²) in [7, 11) is 1.79. The molecule has 0 saturated heterocycles. The largest absolute Gasteiger partial charge is 0.481 e. The highest BCUT2D eigenvalue weighted by atomic mass is 16.4. The molecular weight excluding hydrogens is 202 g/mol. The molecule has 90 valence electrons. The Labute approximate surface area is 97.5 Å². The van der Waals surface area contributed by atoms with Crippen LogP contribution in [0.25, 0.3) is 0 Å². The first kappa shape index (κ1) is 14.6. The van der Waals surface area contributed by atoms with Gasteiger partial charge in [0, 0.05) is 6.04 Å². The molecule has 0 amide bonds. The fourth-order valence-corrected chi connectivity index (χ4v) is 1.39. The third-order valence-corrected chi connectivity index (χ3v) is 2.15. The fraction of sp³-hybridized carbons (Fsp3) is 0.462. The zero-order valence-corrected chi connectivity index (χ0v) is 10.2. The van der Waals surface area contributed by atoms with Gasteiger partial charge in [0.1, 0.15) is 0 Å².